The van der Waals surface area contributed by atoms with E-state index >= 15 is 0 Å². The number of thiazole rings is 1. The van der Waals surface area contributed by atoms with Gasteiger partial charge in [0.15, 0.2) is 5.13 Å². The molecule has 1 N–H and O–H groups in total. The molecule has 0 aliphatic carbocycles. The van der Waals surface area contributed by atoms with Crippen LogP contribution in [0.2, 0.25) is 0 Å². The summed E-state index contributed by atoms with van der Waals surface area (Å²) in [4.78, 5) is 19.1. The highest BCUT2D eigenvalue weighted by molar-refractivity contribution is 7.16. The van der Waals surface area contributed by atoms with Gasteiger partial charge in [-0.25, -0.2) is 4.98 Å². The number of nitrogens with zero attached hydrogens (tertiary/aromatic N) is 1. The molecule has 0 saturated carbocycles. The van der Waals surface area contributed by atoms with Crippen LogP contribution in [0.1, 0.15) is 27.1 Å². The van der Waals surface area contributed by atoms with Crippen molar-refractivity contribution >= 4 is 34.0 Å². The van der Waals surface area contributed by atoms with E-state index in [1.165, 1.54) is 22.5 Å². The van der Waals surface area contributed by atoms with Gasteiger partial charge >= 0.3 is 0 Å². The molecule has 0 radical (unpaired) electrons. The third-order valence-electron chi connectivity index (χ3n) is 5.24. The van der Waals surface area contributed by atoms with Gasteiger partial charge in [-0.2, -0.15) is 0 Å². The van der Waals surface area contributed by atoms with Crippen LogP contribution >= 0.6 is 11.3 Å². The molecule has 154 valence electrons. The summed E-state index contributed by atoms with van der Waals surface area (Å²) in [5, 5.41) is 3.62. The van der Waals surface area contributed by atoms with Gasteiger partial charge in [0.25, 0.3) is 5.91 Å². The van der Waals surface area contributed by atoms with Crippen LogP contribution in [-0.2, 0) is 4.79 Å². The average molecular weight is 425 g/mol. The lowest BCUT2D eigenvalue weighted by Gasteiger charge is -2.08. The average Bonchev–Trinajstić information content (AvgIpc) is 3.15. The third-order valence-corrected chi connectivity index (χ3v) is 6.12. The van der Waals surface area contributed by atoms with Crippen LogP contribution in [-0.4, -0.2) is 10.9 Å². The van der Waals surface area contributed by atoms with Crippen LogP contribution in [0.3, 0.4) is 0 Å². The summed E-state index contributed by atoms with van der Waals surface area (Å²) in [5.74, 6) is -0.171. The molecule has 4 heteroatoms. The Morgan fingerprint density at radius 2 is 1.55 bits per heavy atom. The highest BCUT2D eigenvalue weighted by atomic mass is 32.1. The summed E-state index contributed by atoms with van der Waals surface area (Å²) in [6, 6.07) is 25.9. The Labute approximate surface area is 187 Å². The van der Waals surface area contributed by atoms with E-state index in [0.717, 1.165) is 27.3 Å². The number of hydrogen-bond acceptors (Lipinski definition) is 3. The number of carbonyl (C=O) groups is 1. The second-order valence-corrected chi connectivity index (χ2v) is 8.71. The number of aryl methyl sites for hydroxylation is 3. The van der Waals surface area contributed by atoms with Crippen molar-refractivity contribution in [3.05, 3.63) is 106 Å². The third kappa shape index (κ3) is 4.81. The number of benzene rings is 3. The van der Waals surface area contributed by atoms with Crippen molar-refractivity contribution < 1.29 is 4.79 Å². The Morgan fingerprint density at radius 1 is 0.871 bits per heavy atom. The Kier molecular flexibility index (Phi) is 6.10. The number of carbonyl (C=O) groups excluding carboxylic acids is 1. The molecule has 1 amide bonds. The van der Waals surface area contributed by atoms with E-state index in [1.54, 1.807) is 0 Å². The smallest absolute Gasteiger partial charge is 0.258 e. The first-order valence-corrected chi connectivity index (χ1v) is 11.0. The predicted octanol–water partition coefficient (Wildman–Crippen LogP) is 6.91. The summed E-state index contributed by atoms with van der Waals surface area (Å²) >= 11 is 1.50. The SMILES string of the molecule is Cc1ccc(-c2nc(NC(=O)/C(=C\c3ccccc3)c3ccccc3)sc2C)cc1C. The second-order valence-electron chi connectivity index (χ2n) is 7.51. The van der Waals surface area contributed by atoms with E-state index in [1.807, 2.05) is 73.7 Å². The normalized spacial score (nSPS) is 11.4. The largest absolute Gasteiger partial charge is 0.298 e. The fourth-order valence-corrected chi connectivity index (χ4v) is 4.22. The van der Waals surface area contributed by atoms with Gasteiger partial charge in [-0.3, -0.25) is 10.1 Å². The first-order chi connectivity index (χ1) is 15.0. The molecule has 0 bridgehead atoms. The minimum absolute atomic E-state index is 0.171. The maximum Gasteiger partial charge on any atom is 0.258 e. The maximum atomic E-state index is 13.3. The van der Waals surface area contributed by atoms with E-state index in [9.17, 15) is 4.79 Å². The van der Waals surface area contributed by atoms with Crippen molar-refractivity contribution in [2.45, 2.75) is 20.8 Å². The van der Waals surface area contributed by atoms with Gasteiger partial charge in [0.1, 0.15) is 0 Å². The molecular formula is C27H24N2OS. The molecule has 1 aromatic heterocycles. The van der Waals surface area contributed by atoms with Crippen molar-refractivity contribution in [2.75, 3.05) is 5.32 Å². The van der Waals surface area contributed by atoms with Crippen LogP contribution in [0.5, 0.6) is 0 Å². The zero-order valence-electron chi connectivity index (χ0n) is 17.8. The molecule has 0 saturated heterocycles. The zero-order valence-corrected chi connectivity index (χ0v) is 18.7. The Hall–Kier alpha value is -3.50. The highest BCUT2D eigenvalue weighted by Crippen LogP contribution is 2.32. The minimum Gasteiger partial charge on any atom is -0.298 e. The lowest BCUT2D eigenvalue weighted by molar-refractivity contribution is -0.111. The van der Waals surface area contributed by atoms with Crippen LogP contribution in [0, 0.1) is 20.8 Å². The number of amides is 1. The molecule has 0 aliphatic rings. The van der Waals surface area contributed by atoms with Gasteiger partial charge in [0.2, 0.25) is 0 Å². The summed E-state index contributed by atoms with van der Waals surface area (Å²) in [6.45, 7) is 6.24. The summed E-state index contributed by atoms with van der Waals surface area (Å²) in [6.07, 6.45) is 1.91. The molecule has 31 heavy (non-hydrogen) atoms. The van der Waals surface area contributed by atoms with Crippen molar-refractivity contribution in [1.82, 2.24) is 4.98 Å². The van der Waals surface area contributed by atoms with E-state index < -0.39 is 0 Å². The molecule has 0 spiro atoms. The topological polar surface area (TPSA) is 42.0 Å². The van der Waals surface area contributed by atoms with Crippen LogP contribution in [0.25, 0.3) is 22.9 Å². The van der Waals surface area contributed by atoms with E-state index in [2.05, 4.69) is 37.4 Å². The predicted molar refractivity (Wildman–Crippen MR) is 131 cm³/mol. The van der Waals surface area contributed by atoms with Gasteiger partial charge < -0.3 is 0 Å². The Morgan fingerprint density at radius 3 is 2.23 bits per heavy atom. The lowest BCUT2D eigenvalue weighted by Crippen LogP contribution is -2.13. The van der Waals surface area contributed by atoms with Crippen molar-refractivity contribution in [2.24, 2.45) is 0 Å². The first kappa shape index (κ1) is 20.8. The number of aromatic nitrogens is 1. The van der Waals surface area contributed by atoms with Gasteiger partial charge in [-0.05, 0) is 55.2 Å². The first-order valence-electron chi connectivity index (χ1n) is 10.2. The molecule has 0 atom stereocenters. The number of hydrogen-bond donors (Lipinski definition) is 1. The molecule has 0 fully saturated rings. The molecule has 0 aliphatic heterocycles. The molecule has 4 rings (SSSR count). The van der Waals surface area contributed by atoms with Crippen LogP contribution in [0.4, 0.5) is 5.13 Å². The standard InChI is InChI=1S/C27H24N2OS/c1-18-14-15-23(16-19(18)2)25-20(3)31-27(28-25)29-26(30)24(22-12-8-5-9-13-22)17-21-10-6-4-7-11-21/h4-17H,1-3H3,(H,28,29,30)/b24-17-. The van der Waals surface area contributed by atoms with Crippen molar-refractivity contribution in [1.29, 1.82) is 0 Å². The van der Waals surface area contributed by atoms with E-state index in [4.69, 9.17) is 4.98 Å². The van der Waals surface area contributed by atoms with Crippen LogP contribution < -0.4 is 5.32 Å². The maximum absolute atomic E-state index is 13.3. The van der Waals surface area contributed by atoms with Crippen LogP contribution in [0.15, 0.2) is 78.9 Å². The van der Waals surface area contributed by atoms with E-state index in [-0.39, 0.29) is 5.91 Å². The Bertz CT molecular complexity index is 1240. The van der Waals surface area contributed by atoms with Gasteiger partial charge in [-0.1, -0.05) is 72.8 Å². The monoisotopic (exact) mass is 424 g/mol. The Balaban J connectivity index is 1.65. The summed E-state index contributed by atoms with van der Waals surface area (Å²) in [5.41, 5.74) is 6.91. The molecule has 3 aromatic carbocycles. The second kappa shape index (κ2) is 9.11. The summed E-state index contributed by atoms with van der Waals surface area (Å²) in [7, 11) is 0. The van der Waals surface area contributed by atoms with Crippen molar-refractivity contribution in [3.8, 4) is 11.3 Å². The molecular weight excluding hydrogens is 400 g/mol. The fraction of sp³-hybridized carbons (Fsp3) is 0.111. The molecule has 0 unspecified atom stereocenters. The fourth-order valence-electron chi connectivity index (χ4n) is 3.38. The van der Waals surface area contributed by atoms with Gasteiger partial charge in [0, 0.05) is 16.0 Å². The molecule has 3 nitrogen and oxygen atoms in total. The number of rotatable bonds is 5. The number of anilines is 1. The quantitative estimate of drug-likeness (QED) is 0.279. The number of nitrogens with one attached hydrogen (secondary N) is 1. The zero-order chi connectivity index (χ0) is 21.8. The van der Waals surface area contributed by atoms with Gasteiger partial charge in [0.05, 0.1) is 5.69 Å². The molecule has 4 aromatic rings. The van der Waals surface area contributed by atoms with Crippen molar-refractivity contribution in [3.63, 3.8) is 0 Å². The van der Waals surface area contributed by atoms with Gasteiger partial charge in [-0.15, -0.1) is 11.3 Å². The minimum atomic E-state index is -0.171. The molecule has 1 heterocycles. The lowest BCUT2D eigenvalue weighted by atomic mass is 10.0. The highest BCUT2D eigenvalue weighted by Gasteiger charge is 2.16. The van der Waals surface area contributed by atoms with E-state index in [0.29, 0.717) is 10.7 Å². The summed E-state index contributed by atoms with van der Waals surface area (Å²) < 4.78 is 0.